The van der Waals surface area contributed by atoms with Crippen LogP contribution in [0.25, 0.3) is 26.3 Å². The molecule has 5 heteroatoms. The molecule has 4 aromatic rings. The number of hydrogen-bond acceptors (Lipinski definition) is 4. The number of phenols is 4. The zero-order valence-corrected chi connectivity index (χ0v) is 14.7. The molecule has 0 aliphatic heterocycles. The lowest BCUT2D eigenvalue weighted by Crippen LogP contribution is -1.79. The van der Waals surface area contributed by atoms with Crippen LogP contribution in [0.5, 0.6) is 23.0 Å². The van der Waals surface area contributed by atoms with Crippen molar-refractivity contribution in [3.8, 4) is 28.3 Å². The molecule has 3 aromatic carbocycles. The van der Waals surface area contributed by atoms with Crippen LogP contribution in [0.1, 0.15) is 11.1 Å². The topological polar surface area (TPSA) is 80.9 Å². The van der Waals surface area contributed by atoms with Crippen LogP contribution in [0.4, 0.5) is 0 Å². The van der Waals surface area contributed by atoms with Gasteiger partial charge in [-0.3, -0.25) is 0 Å². The Hall–Kier alpha value is -2.84. The largest absolute Gasteiger partial charge is 0.504 e. The summed E-state index contributed by atoms with van der Waals surface area (Å²) in [6, 6.07) is 13.6. The van der Waals surface area contributed by atoms with Gasteiger partial charge in [0.05, 0.1) is 0 Å². The highest BCUT2D eigenvalue weighted by atomic mass is 31.1. The molecule has 1 heterocycles. The molecule has 4 N–H and O–H groups in total. The Labute approximate surface area is 145 Å². The van der Waals surface area contributed by atoms with E-state index in [9.17, 15) is 20.4 Å². The minimum Gasteiger partial charge on any atom is -0.504 e. The van der Waals surface area contributed by atoms with Crippen LogP contribution in [-0.2, 0) is 0 Å². The smallest absolute Gasteiger partial charge is 0.166 e. The highest BCUT2D eigenvalue weighted by Crippen LogP contribution is 2.61. The van der Waals surface area contributed by atoms with Crippen molar-refractivity contribution in [2.45, 2.75) is 13.8 Å². The first-order chi connectivity index (χ1) is 11.9. The van der Waals surface area contributed by atoms with Gasteiger partial charge in [-0.2, -0.15) is 0 Å². The Morgan fingerprint density at radius 3 is 1.52 bits per heavy atom. The van der Waals surface area contributed by atoms with Crippen molar-refractivity contribution >= 4 is 28.5 Å². The van der Waals surface area contributed by atoms with Crippen molar-refractivity contribution in [1.82, 2.24) is 0 Å². The fraction of sp³-hybridized carbons (Fsp3) is 0.100. The van der Waals surface area contributed by atoms with E-state index in [2.05, 4.69) is 0 Å². The lowest BCUT2D eigenvalue weighted by atomic mass is 10.1. The van der Waals surface area contributed by atoms with E-state index in [0.29, 0.717) is 21.9 Å². The number of aromatic hydroxyl groups is 4. The number of hydrogen-bond donors (Lipinski definition) is 4. The molecule has 0 spiro atoms. The summed E-state index contributed by atoms with van der Waals surface area (Å²) in [7, 11) is -1.00. The normalized spacial score (nSPS) is 11.4. The monoisotopic (exact) mass is 352 g/mol. The molecule has 0 fully saturated rings. The Morgan fingerprint density at radius 2 is 1.08 bits per heavy atom. The Balaban J connectivity index is 2.35. The summed E-state index contributed by atoms with van der Waals surface area (Å²) >= 11 is 0. The second-order valence-corrected chi connectivity index (χ2v) is 8.39. The van der Waals surface area contributed by atoms with Crippen molar-refractivity contribution in [2.75, 3.05) is 0 Å². The van der Waals surface area contributed by atoms with Gasteiger partial charge in [0.15, 0.2) is 23.0 Å². The van der Waals surface area contributed by atoms with Gasteiger partial charge in [-0.25, -0.2) is 0 Å². The minimum absolute atomic E-state index is 0.200. The summed E-state index contributed by atoms with van der Waals surface area (Å²) < 4.78 is 0. The molecular formula is C20H17O4P. The van der Waals surface area contributed by atoms with Gasteiger partial charge in [0.1, 0.15) is 0 Å². The number of aryl methyl sites for hydroxylation is 2. The van der Waals surface area contributed by atoms with Crippen molar-refractivity contribution in [3.05, 3.63) is 53.6 Å². The summed E-state index contributed by atoms with van der Waals surface area (Å²) in [5, 5.41) is 45.1. The zero-order chi connectivity index (χ0) is 17.9. The Kier molecular flexibility index (Phi) is 3.34. The average Bonchev–Trinajstić information content (AvgIpc) is 2.92. The van der Waals surface area contributed by atoms with Crippen molar-refractivity contribution in [3.63, 3.8) is 0 Å². The van der Waals surface area contributed by atoms with E-state index in [1.165, 1.54) is 0 Å². The van der Waals surface area contributed by atoms with Crippen LogP contribution in [0, 0.1) is 13.8 Å². The standard InChI is InChI=1S/C20H17O4P/c1-10-8-13-15(19(23)17(10)21)16-14(9-11(2)18(22)20(16)24)25(13)12-6-4-3-5-7-12/h3-9,21-24H,1-2H3. The number of benzene rings is 3. The second kappa shape index (κ2) is 5.33. The SMILES string of the molecule is Cc1cc2c(c(O)c1O)c1c(O)c(O)c(C)cc1p2-c1ccccc1. The molecule has 0 bridgehead atoms. The molecule has 25 heavy (non-hydrogen) atoms. The molecule has 1 aromatic heterocycles. The first kappa shape index (κ1) is 15.7. The maximum Gasteiger partial charge on any atom is 0.166 e. The van der Waals surface area contributed by atoms with E-state index < -0.39 is 7.53 Å². The van der Waals surface area contributed by atoms with Crippen molar-refractivity contribution in [1.29, 1.82) is 0 Å². The van der Waals surface area contributed by atoms with E-state index >= 15 is 0 Å². The molecule has 0 aliphatic carbocycles. The molecule has 0 radical (unpaired) electrons. The number of rotatable bonds is 1. The van der Waals surface area contributed by atoms with Crippen LogP contribution < -0.4 is 0 Å². The van der Waals surface area contributed by atoms with Gasteiger partial charge in [-0.1, -0.05) is 37.9 Å². The molecule has 0 unspecified atom stereocenters. The van der Waals surface area contributed by atoms with E-state index in [-0.39, 0.29) is 23.0 Å². The van der Waals surface area contributed by atoms with Crippen LogP contribution >= 0.6 is 7.53 Å². The molecule has 4 nitrogen and oxygen atoms in total. The maximum atomic E-state index is 10.6. The predicted molar refractivity (Wildman–Crippen MR) is 102 cm³/mol. The third kappa shape index (κ3) is 2.08. The molecule has 0 atom stereocenters. The van der Waals surface area contributed by atoms with Gasteiger partial charge in [0.2, 0.25) is 0 Å². The first-order valence-corrected chi connectivity index (χ1v) is 9.22. The fourth-order valence-corrected chi connectivity index (χ4v) is 6.19. The molecule has 0 amide bonds. The Bertz CT molecular complexity index is 1070. The number of phenolic OH excluding ortho intramolecular Hbond substituents is 4. The summed E-state index contributed by atoms with van der Waals surface area (Å²) in [5.41, 5.74) is 1.15. The Morgan fingerprint density at radius 1 is 0.640 bits per heavy atom. The molecule has 126 valence electrons. The van der Waals surface area contributed by atoms with Gasteiger partial charge >= 0.3 is 0 Å². The summed E-state index contributed by atoms with van der Waals surface area (Å²) in [6.07, 6.45) is 0. The van der Waals surface area contributed by atoms with Crippen molar-refractivity contribution < 1.29 is 20.4 Å². The van der Waals surface area contributed by atoms with Gasteiger partial charge in [-0.15, -0.1) is 0 Å². The highest BCUT2D eigenvalue weighted by Gasteiger charge is 2.24. The lowest BCUT2D eigenvalue weighted by Gasteiger charge is -2.06. The summed E-state index contributed by atoms with van der Waals surface area (Å²) in [4.78, 5) is 0. The third-order valence-electron chi connectivity index (χ3n) is 4.63. The first-order valence-electron chi connectivity index (χ1n) is 7.88. The van der Waals surface area contributed by atoms with Crippen LogP contribution in [0.2, 0.25) is 0 Å². The minimum atomic E-state index is -1.00. The van der Waals surface area contributed by atoms with Gasteiger partial charge in [-0.05, 0) is 42.4 Å². The molecule has 0 saturated carbocycles. The van der Waals surface area contributed by atoms with Gasteiger partial charge in [0.25, 0.3) is 0 Å². The van der Waals surface area contributed by atoms with Crippen LogP contribution in [0.15, 0.2) is 42.5 Å². The average molecular weight is 352 g/mol. The van der Waals surface area contributed by atoms with Gasteiger partial charge < -0.3 is 20.4 Å². The van der Waals surface area contributed by atoms with E-state index in [4.69, 9.17) is 0 Å². The predicted octanol–water partition coefficient (Wildman–Crippen LogP) is 5.41. The number of fused-ring (bicyclic) bond motifs is 3. The molecular weight excluding hydrogens is 335 g/mol. The van der Waals surface area contributed by atoms with Crippen LogP contribution in [0.3, 0.4) is 0 Å². The van der Waals surface area contributed by atoms with E-state index in [1.54, 1.807) is 13.8 Å². The maximum absolute atomic E-state index is 10.6. The van der Waals surface area contributed by atoms with E-state index in [1.807, 2.05) is 42.5 Å². The summed E-state index contributed by atoms with van der Waals surface area (Å²) in [6.45, 7) is 3.47. The third-order valence-corrected chi connectivity index (χ3v) is 7.12. The summed E-state index contributed by atoms with van der Waals surface area (Å²) in [5.74, 6) is -0.908. The van der Waals surface area contributed by atoms with Crippen molar-refractivity contribution in [2.24, 2.45) is 0 Å². The zero-order valence-electron chi connectivity index (χ0n) is 13.8. The second-order valence-electron chi connectivity index (χ2n) is 6.24. The quantitative estimate of drug-likeness (QED) is 0.345. The van der Waals surface area contributed by atoms with Gasteiger partial charge in [0, 0.05) is 21.0 Å². The molecule has 0 saturated heterocycles. The van der Waals surface area contributed by atoms with E-state index in [0.717, 1.165) is 15.5 Å². The lowest BCUT2D eigenvalue weighted by molar-refractivity contribution is 0.403. The fourth-order valence-electron chi connectivity index (χ4n) is 3.37. The van der Waals surface area contributed by atoms with Crippen LogP contribution in [-0.4, -0.2) is 20.4 Å². The molecule has 0 aliphatic rings. The molecule has 4 rings (SSSR count). The highest BCUT2D eigenvalue weighted by molar-refractivity contribution is 7.68.